The summed E-state index contributed by atoms with van der Waals surface area (Å²) in [5.41, 5.74) is 3.51. The first-order chi connectivity index (χ1) is 11.3. The molecule has 0 atom stereocenters. The Morgan fingerprint density at radius 2 is 1.43 bits per heavy atom. The van der Waals surface area contributed by atoms with E-state index in [-0.39, 0.29) is 0 Å². The topological polar surface area (TPSA) is 21.7 Å². The molecule has 1 aliphatic rings. The second-order valence-corrected chi connectivity index (χ2v) is 6.07. The lowest BCUT2D eigenvalue weighted by Crippen LogP contribution is -2.28. The van der Waals surface area contributed by atoms with Gasteiger partial charge < -0.3 is 9.47 Å². The van der Waals surface area contributed by atoms with Crippen LogP contribution in [0.5, 0.6) is 11.5 Å². The largest absolute Gasteiger partial charge is 0.496 e. The molecule has 3 nitrogen and oxygen atoms in total. The molecule has 1 saturated heterocycles. The highest BCUT2D eigenvalue weighted by Gasteiger charge is 2.13. The van der Waals surface area contributed by atoms with Crippen LogP contribution in [0.15, 0.2) is 42.5 Å². The minimum Gasteiger partial charge on any atom is -0.496 e. The second kappa shape index (κ2) is 7.51. The van der Waals surface area contributed by atoms with E-state index in [4.69, 9.17) is 9.47 Å². The van der Waals surface area contributed by atoms with E-state index >= 15 is 0 Å². The molecule has 0 amide bonds. The van der Waals surface area contributed by atoms with Crippen LogP contribution in [0.3, 0.4) is 0 Å². The minimum absolute atomic E-state index is 0.841. The summed E-state index contributed by atoms with van der Waals surface area (Å²) in [5, 5.41) is 0. The number of rotatable bonds is 5. The summed E-state index contributed by atoms with van der Waals surface area (Å²) in [5.74, 6) is 1.68. The van der Waals surface area contributed by atoms with Crippen molar-refractivity contribution in [3.63, 3.8) is 0 Å². The third kappa shape index (κ3) is 3.67. The highest BCUT2D eigenvalue weighted by Crippen LogP contribution is 2.38. The van der Waals surface area contributed by atoms with Gasteiger partial charge in [-0.05, 0) is 49.2 Å². The zero-order valence-electron chi connectivity index (χ0n) is 14.0. The molecule has 2 aromatic carbocycles. The van der Waals surface area contributed by atoms with Crippen molar-refractivity contribution in [1.82, 2.24) is 4.90 Å². The van der Waals surface area contributed by atoms with Crippen LogP contribution in [-0.2, 0) is 6.54 Å². The van der Waals surface area contributed by atoms with Crippen LogP contribution in [0, 0.1) is 0 Å². The quantitative estimate of drug-likeness (QED) is 0.819. The highest BCUT2D eigenvalue weighted by molar-refractivity contribution is 5.77. The summed E-state index contributed by atoms with van der Waals surface area (Å²) in [4.78, 5) is 2.54. The summed E-state index contributed by atoms with van der Waals surface area (Å²) in [6.07, 6.45) is 4.04. The maximum absolute atomic E-state index is 5.51. The standard InChI is InChI=1S/C20H25NO2/c1-22-18-7-6-8-19(23-2)20(18)17-11-9-16(10-12-17)15-21-13-4-3-5-14-21/h6-12H,3-5,13-15H2,1-2H3. The number of likely N-dealkylation sites (tertiary alicyclic amines) is 1. The number of piperidine rings is 1. The maximum Gasteiger partial charge on any atom is 0.130 e. The Morgan fingerprint density at radius 3 is 2.00 bits per heavy atom. The fourth-order valence-electron chi connectivity index (χ4n) is 3.29. The monoisotopic (exact) mass is 311 g/mol. The molecule has 1 fully saturated rings. The number of methoxy groups -OCH3 is 2. The van der Waals surface area contributed by atoms with Gasteiger partial charge in [-0.25, -0.2) is 0 Å². The van der Waals surface area contributed by atoms with Crippen molar-refractivity contribution in [2.24, 2.45) is 0 Å². The lowest BCUT2D eigenvalue weighted by Gasteiger charge is -2.26. The Morgan fingerprint density at radius 1 is 0.826 bits per heavy atom. The number of hydrogen-bond acceptors (Lipinski definition) is 3. The summed E-state index contributed by atoms with van der Waals surface area (Å²) < 4.78 is 11.0. The predicted octanol–water partition coefficient (Wildman–Crippen LogP) is 4.36. The zero-order valence-corrected chi connectivity index (χ0v) is 14.0. The minimum atomic E-state index is 0.841. The van der Waals surface area contributed by atoms with Gasteiger partial charge in [0.1, 0.15) is 11.5 Å². The molecule has 0 N–H and O–H groups in total. The van der Waals surface area contributed by atoms with Gasteiger partial charge in [0, 0.05) is 6.54 Å². The number of hydrogen-bond donors (Lipinski definition) is 0. The Bertz CT molecular complexity index is 608. The van der Waals surface area contributed by atoms with Gasteiger partial charge in [0.2, 0.25) is 0 Å². The van der Waals surface area contributed by atoms with Gasteiger partial charge in [-0.1, -0.05) is 36.8 Å². The van der Waals surface area contributed by atoms with Gasteiger partial charge in [0.25, 0.3) is 0 Å². The van der Waals surface area contributed by atoms with E-state index in [1.807, 2.05) is 18.2 Å². The lowest BCUT2D eigenvalue weighted by molar-refractivity contribution is 0.221. The third-order valence-corrected chi connectivity index (χ3v) is 4.53. The molecule has 0 spiro atoms. The van der Waals surface area contributed by atoms with Crippen LogP contribution < -0.4 is 9.47 Å². The molecule has 1 aliphatic heterocycles. The molecule has 3 rings (SSSR count). The molecule has 0 unspecified atom stereocenters. The van der Waals surface area contributed by atoms with Crippen molar-refractivity contribution >= 4 is 0 Å². The average molecular weight is 311 g/mol. The molecule has 0 bridgehead atoms. The summed E-state index contributed by atoms with van der Waals surface area (Å²) >= 11 is 0. The van der Waals surface area contributed by atoms with E-state index in [1.165, 1.54) is 37.9 Å². The van der Waals surface area contributed by atoms with Gasteiger partial charge >= 0.3 is 0 Å². The van der Waals surface area contributed by atoms with E-state index in [2.05, 4.69) is 29.2 Å². The van der Waals surface area contributed by atoms with Crippen molar-refractivity contribution in [1.29, 1.82) is 0 Å². The maximum atomic E-state index is 5.51. The van der Waals surface area contributed by atoms with Crippen LogP contribution in [-0.4, -0.2) is 32.2 Å². The lowest BCUT2D eigenvalue weighted by atomic mass is 10.0. The molecule has 0 radical (unpaired) electrons. The van der Waals surface area contributed by atoms with Crippen LogP contribution in [0.4, 0.5) is 0 Å². The van der Waals surface area contributed by atoms with Crippen LogP contribution in [0.25, 0.3) is 11.1 Å². The fourth-order valence-corrected chi connectivity index (χ4v) is 3.29. The van der Waals surface area contributed by atoms with Gasteiger partial charge in [0.15, 0.2) is 0 Å². The second-order valence-electron chi connectivity index (χ2n) is 6.07. The number of benzene rings is 2. The fraction of sp³-hybridized carbons (Fsp3) is 0.400. The first-order valence-corrected chi connectivity index (χ1v) is 8.34. The highest BCUT2D eigenvalue weighted by atomic mass is 16.5. The Kier molecular flexibility index (Phi) is 5.19. The van der Waals surface area contributed by atoms with Crippen molar-refractivity contribution in [3.8, 4) is 22.6 Å². The first kappa shape index (κ1) is 15.9. The third-order valence-electron chi connectivity index (χ3n) is 4.53. The molecule has 3 heteroatoms. The van der Waals surface area contributed by atoms with Crippen molar-refractivity contribution in [2.45, 2.75) is 25.8 Å². The van der Waals surface area contributed by atoms with Crippen molar-refractivity contribution in [3.05, 3.63) is 48.0 Å². The molecular weight excluding hydrogens is 286 g/mol. The van der Waals surface area contributed by atoms with Crippen molar-refractivity contribution < 1.29 is 9.47 Å². The summed E-state index contributed by atoms with van der Waals surface area (Å²) in [7, 11) is 3.39. The van der Waals surface area contributed by atoms with Crippen molar-refractivity contribution in [2.75, 3.05) is 27.3 Å². The molecule has 1 heterocycles. The van der Waals surface area contributed by atoms with Crippen LogP contribution in [0.2, 0.25) is 0 Å². The van der Waals surface area contributed by atoms with E-state index in [0.717, 1.165) is 29.2 Å². The Labute approximate surface area is 138 Å². The normalized spacial score (nSPS) is 15.4. The zero-order chi connectivity index (χ0) is 16.1. The molecule has 0 aromatic heterocycles. The van der Waals surface area contributed by atoms with Gasteiger partial charge in [0.05, 0.1) is 19.8 Å². The Hall–Kier alpha value is -2.00. The molecular formula is C20H25NO2. The van der Waals surface area contributed by atoms with Gasteiger partial charge in [-0.15, -0.1) is 0 Å². The molecule has 2 aromatic rings. The van der Waals surface area contributed by atoms with Crippen LogP contribution in [0.1, 0.15) is 24.8 Å². The Balaban J connectivity index is 1.82. The van der Waals surface area contributed by atoms with E-state index in [0.29, 0.717) is 0 Å². The first-order valence-electron chi connectivity index (χ1n) is 8.34. The summed E-state index contributed by atoms with van der Waals surface area (Å²) in [6.45, 7) is 3.49. The molecule has 0 saturated carbocycles. The van der Waals surface area contributed by atoms with E-state index < -0.39 is 0 Å². The van der Waals surface area contributed by atoms with E-state index in [1.54, 1.807) is 14.2 Å². The van der Waals surface area contributed by atoms with Crippen LogP contribution >= 0.6 is 0 Å². The van der Waals surface area contributed by atoms with E-state index in [9.17, 15) is 0 Å². The summed E-state index contributed by atoms with van der Waals surface area (Å²) in [6, 6.07) is 14.7. The number of nitrogens with zero attached hydrogens (tertiary/aromatic N) is 1. The average Bonchev–Trinajstić information content (AvgIpc) is 2.62. The molecule has 23 heavy (non-hydrogen) atoms. The molecule has 122 valence electrons. The smallest absolute Gasteiger partial charge is 0.130 e. The molecule has 0 aliphatic carbocycles. The SMILES string of the molecule is COc1cccc(OC)c1-c1ccc(CN2CCCCC2)cc1. The predicted molar refractivity (Wildman–Crippen MR) is 94.1 cm³/mol. The van der Waals surface area contributed by atoms with Gasteiger partial charge in [-0.2, -0.15) is 0 Å². The number of ether oxygens (including phenoxy) is 2. The van der Waals surface area contributed by atoms with Gasteiger partial charge in [-0.3, -0.25) is 4.90 Å².